The Balaban J connectivity index is 1.42. The summed E-state index contributed by atoms with van der Waals surface area (Å²) in [5, 5.41) is 1.71. The first-order valence-corrected chi connectivity index (χ1v) is 12.7. The summed E-state index contributed by atoms with van der Waals surface area (Å²) >= 11 is 0. The molecule has 0 atom stereocenters. The number of benzene rings is 3. The second kappa shape index (κ2) is 9.87. The third-order valence-corrected chi connectivity index (χ3v) is 8.11. The minimum absolute atomic E-state index is 0.125. The molecule has 1 aliphatic rings. The van der Waals surface area contributed by atoms with E-state index >= 15 is 0 Å². The maximum Gasteiger partial charge on any atom is 0.416 e. The van der Waals surface area contributed by atoms with Gasteiger partial charge >= 0.3 is 6.18 Å². The smallest absolute Gasteiger partial charge is 0.368 e. The Bertz CT molecular complexity index is 1320. The molecule has 0 radical (unpaired) electrons. The van der Waals surface area contributed by atoms with Crippen LogP contribution in [0.1, 0.15) is 12.5 Å². The Labute approximate surface area is 202 Å². The van der Waals surface area contributed by atoms with Gasteiger partial charge in [-0.15, -0.1) is 0 Å². The standard InChI is InChI=1S/C25H26F3N3O3S/c1-2-31(35(33,34)23-11-10-19-6-3-4-7-20(19)16-23)18-24(32)30-14-12-29(13-15-30)22-9-5-8-21(17-22)25(26,27)28/h3-11,16-17H,2,12-15,18H2,1H3. The second-order valence-corrected chi connectivity index (χ2v) is 10.3. The van der Waals surface area contributed by atoms with Crippen molar-refractivity contribution < 1.29 is 26.4 Å². The van der Waals surface area contributed by atoms with Crippen LogP contribution < -0.4 is 4.90 Å². The van der Waals surface area contributed by atoms with Gasteiger partial charge in [-0.05, 0) is 41.1 Å². The maximum absolute atomic E-state index is 13.2. The normalized spacial score (nSPS) is 15.1. The summed E-state index contributed by atoms with van der Waals surface area (Å²) in [5.74, 6) is -0.333. The Morgan fingerprint density at radius 3 is 2.26 bits per heavy atom. The number of amides is 1. The van der Waals surface area contributed by atoms with Gasteiger partial charge in [0.1, 0.15) is 0 Å². The Hall–Kier alpha value is -3.11. The molecule has 3 aromatic carbocycles. The number of anilines is 1. The Morgan fingerprint density at radius 1 is 0.914 bits per heavy atom. The van der Waals surface area contributed by atoms with E-state index in [1.54, 1.807) is 41.0 Å². The summed E-state index contributed by atoms with van der Waals surface area (Å²) in [7, 11) is -3.88. The van der Waals surface area contributed by atoms with Crippen molar-refractivity contribution in [1.29, 1.82) is 0 Å². The minimum Gasteiger partial charge on any atom is -0.368 e. The molecule has 1 aliphatic heterocycles. The van der Waals surface area contributed by atoms with E-state index in [1.807, 2.05) is 24.3 Å². The van der Waals surface area contributed by atoms with Gasteiger partial charge in [-0.1, -0.05) is 43.3 Å². The van der Waals surface area contributed by atoms with E-state index in [1.165, 1.54) is 6.07 Å². The van der Waals surface area contributed by atoms with Gasteiger partial charge in [0.15, 0.2) is 0 Å². The van der Waals surface area contributed by atoms with Gasteiger partial charge in [0.25, 0.3) is 0 Å². The average molecular weight is 506 g/mol. The van der Waals surface area contributed by atoms with Gasteiger partial charge in [0, 0.05) is 38.4 Å². The van der Waals surface area contributed by atoms with Crippen LogP contribution in [0.15, 0.2) is 71.6 Å². The number of alkyl halides is 3. The van der Waals surface area contributed by atoms with Crippen molar-refractivity contribution in [3.05, 3.63) is 72.3 Å². The largest absolute Gasteiger partial charge is 0.416 e. The summed E-state index contributed by atoms with van der Waals surface area (Å²) in [6.45, 7) is 2.82. The van der Waals surface area contributed by atoms with Crippen LogP contribution >= 0.6 is 0 Å². The van der Waals surface area contributed by atoms with Gasteiger partial charge in [0.2, 0.25) is 15.9 Å². The van der Waals surface area contributed by atoms with Gasteiger partial charge in [-0.25, -0.2) is 8.42 Å². The SMILES string of the molecule is CCN(CC(=O)N1CCN(c2cccc(C(F)(F)F)c2)CC1)S(=O)(=O)c1ccc2ccccc2c1. The number of fused-ring (bicyclic) bond motifs is 1. The van der Waals surface area contributed by atoms with Crippen molar-refractivity contribution in [2.45, 2.75) is 18.0 Å². The van der Waals surface area contributed by atoms with Crippen LogP contribution in [-0.2, 0) is 21.0 Å². The molecule has 1 saturated heterocycles. The number of nitrogens with zero attached hydrogens (tertiary/aromatic N) is 3. The number of hydrogen-bond acceptors (Lipinski definition) is 4. The van der Waals surface area contributed by atoms with Crippen molar-refractivity contribution in [3.63, 3.8) is 0 Å². The summed E-state index contributed by atoms with van der Waals surface area (Å²) < 4.78 is 66.7. The van der Waals surface area contributed by atoms with E-state index in [9.17, 15) is 26.4 Å². The van der Waals surface area contributed by atoms with Crippen LogP contribution in [0, 0.1) is 0 Å². The average Bonchev–Trinajstić information content (AvgIpc) is 2.86. The molecule has 0 saturated carbocycles. The number of piperazine rings is 1. The van der Waals surface area contributed by atoms with Crippen LogP contribution in [0.2, 0.25) is 0 Å². The predicted molar refractivity (Wildman–Crippen MR) is 129 cm³/mol. The third kappa shape index (κ3) is 5.43. The third-order valence-electron chi connectivity index (χ3n) is 6.19. The molecule has 10 heteroatoms. The lowest BCUT2D eigenvalue weighted by molar-refractivity contribution is -0.137. The number of halogens is 3. The molecule has 0 N–H and O–H groups in total. The molecule has 1 heterocycles. The highest BCUT2D eigenvalue weighted by molar-refractivity contribution is 7.89. The fourth-order valence-electron chi connectivity index (χ4n) is 4.19. The summed E-state index contributed by atoms with van der Waals surface area (Å²) in [5.41, 5.74) is -0.271. The van der Waals surface area contributed by atoms with Crippen LogP contribution in [0.5, 0.6) is 0 Å². The lowest BCUT2D eigenvalue weighted by atomic mass is 10.1. The fraction of sp³-hybridized carbons (Fsp3) is 0.320. The van der Waals surface area contributed by atoms with E-state index in [0.717, 1.165) is 27.2 Å². The van der Waals surface area contributed by atoms with E-state index in [2.05, 4.69) is 0 Å². The molecular formula is C25H26F3N3O3S. The van der Waals surface area contributed by atoms with E-state index < -0.39 is 21.8 Å². The summed E-state index contributed by atoms with van der Waals surface area (Å²) in [6.07, 6.45) is -4.42. The molecule has 186 valence electrons. The van der Waals surface area contributed by atoms with Crippen LogP contribution in [0.4, 0.5) is 18.9 Å². The van der Waals surface area contributed by atoms with Crippen molar-refractivity contribution in [2.24, 2.45) is 0 Å². The Morgan fingerprint density at radius 2 is 1.60 bits per heavy atom. The molecule has 1 amide bonds. The predicted octanol–water partition coefficient (Wildman–Crippen LogP) is 4.22. The molecule has 4 rings (SSSR count). The zero-order valence-corrected chi connectivity index (χ0v) is 20.0. The van der Waals surface area contributed by atoms with E-state index in [4.69, 9.17) is 0 Å². The number of sulfonamides is 1. The first-order chi connectivity index (χ1) is 16.6. The molecule has 1 fully saturated rings. The van der Waals surface area contributed by atoms with Gasteiger partial charge in [0.05, 0.1) is 17.0 Å². The topological polar surface area (TPSA) is 60.9 Å². The zero-order chi connectivity index (χ0) is 25.2. The second-order valence-electron chi connectivity index (χ2n) is 8.36. The summed E-state index contributed by atoms with van der Waals surface area (Å²) in [6, 6.07) is 17.4. The van der Waals surface area contributed by atoms with Crippen LogP contribution in [-0.4, -0.2) is 62.8 Å². The fourth-order valence-corrected chi connectivity index (χ4v) is 5.62. The first-order valence-electron chi connectivity index (χ1n) is 11.3. The highest BCUT2D eigenvalue weighted by atomic mass is 32.2. The molecule has 6 nitrogen and oxygen atoms in total. The maximum atomic E-state index is 13.2. The van der Waals surface area contributed by atoms with Crippen molar-refractivity contribution in [1.82, 2.24) is 9.21 Å². The highest BCUT2D eigenvalue weighted by Gasteiger charge is 2.32. The zero-order valence-electron chi connectivity index (χ0n) is 19.2. The minimum atomic E-state index is -4.42. The van der Waals surface area contributed by atoms with Crippen LogP contribution in [0.3, 0.4) is 0 Å². The lowest BCUT2D eigenvalue weighted by Crippen LogP contribution is -2.51. The number of carbonyl (C=O) groups is 1. The molecule has 0 unspecified atom stereocenters. The number of hydrogen-bond donors (Lipinski definition) is 0. The highest BCUT2D eigenvalue weighted by Crippen LogP contribution is 2.32. The Kier molecular flexibility index (Phi) is 7.05. The van der Waals surface area contributed by atoms with Crippen molar-refractivity contribution in [2.75, 3.05) is 44.2 Å². The molecule has 0 aromatic heterocycles. The van der Waals surface area contributed by atoms with Gasteiger partial charge in [-0.3, -0.25) is 4.79 Å². The van der Waals surface area contributed by atoms with Crippen LogP contribution in [0.25, 0.3) is 10.8 Å². The molecule has 3 aromatic rings. The quantitative estimate of drug-likeness (QED) is 0.504. The number of likely N-dealkylation sites (N-methyl/N-ethyl adjacent to an activating group) is 1. The molecular weight excluding hydrogens is 479 g/mol. The van der Waals surface area contributed by atoms with E-state index in [-0.39, 0.29) is 23.9 Å². The first kappa shape index (κ1) is 25.0. The van der Waals surface area contributed by atoms with E-state index in [0.29, 0.717) is 31.9 Å². The van der Waals surface area contributed by atoms with Gasteiger partial charge in [-0.2, -0.15) is 17.5 Å². The van der Waals surface area contributed by atoms with Crippen molar-refractivity contribution >= 4 is 32.4 Å². The van der Waals surface area contributed by atoms with Gasteiger partial charge < -0.3 is 9.80 Å². The molecule has 0 bridgehead atoms. The monoisotopic (exact) mass is 505 g/mol. The van der Waals surface area contributed by atoms with Crippen molar-refractivity contribution in [3.8, 4) is 0 Å². The summed E-state index contributed by atoms with van der Waals surface area (Å²) in [4.78, 5) is 16.4. The number of rotatable bonds is 6. The molecule has 0 aliphatic carbocycles. The molecule has 35 heavy (non-hydrogen) atoms. The lowest BCUT2D eigenvalue weighted by Gasteiger charge is -2.37. The number of carbonyl (C=O) groups excluding carboxylic acids is 1. The molecule has 0 spiro atoms.